The average Bonchev–Trinajstić information content (AvgIpc) is 3.36. The van der Waals surface area contributed by atoms with Crippen molar-refractivity contribution < 1.29 is 22.8 Å². The number of aryl methyl sites for hydroxylation is 1. The molecule has 3 aromatic heterocycles. The highest BCUT2D eigenvalue weighted by molar-refractivity contribution is 6.02. The number of rotatable bonds is 7. The van der Waals surface area contributed by atoms with Crippen molar-refractivity contribution in [1.29, 1.82) is 0 Å². The molecule has 0 unspecified atom stereocenters. The van der Waals surface area contributed by atoms with Gasteiger partial charge >= 0.3 is 6.18 Å². The molecule has 4 aromatic rings. The number of fused-ring (bicyclic) bond motifs is 1. The second-order valence-corrected chi connectivity index (χ2v) is 10.7. The van der Waals surface area contributed by atoms with Gasteiger partial charge in [0.15, 0.2) is 0 Å². The second kappa shape index (κ2) is 11.7. The Bertz CT molecular complexity index is 1540. The Morgan fingerprint density at radius 3 is 2.46 bits per heavy atom. The monoisotopic (exact) mass is 563 g/mol. The zero-order chi connectivity index (χ0) is 29.1. The van der Waals surface area contributed by atoms with Gasteiger partial charge in [-0.25, -0.2) is 4.52 Å². The first kappa shape index (κ1) is 28.3. The van der Waals surface area contributed by atoms with Gasteiger partial charge in [0.05, 0.1) is 22.3 Å². The van der Waals surface area contributed by atoms with Gasteiger partial charge in [0.2, 0.25) is 5.91 Å². The molecule has 7 nitrogen and oxygen atoms in total. The molecule has 5 rings (SSSR count). The zero-order valence-corrected chi connectivity index (χ0v) is 23.0. The van der Waals surface area contributed by atoms with Gasteiger partial charge in [-0.05, 0) is 72.6 Å². The number of piperidine rings is 1. The fraction of sp³-hybridized carbons (Fsp3) is 0.355. The van der Waals surface area contributed by atoms with Crippen molar-refractivity contribution in [3.05, 3.63) is 95.1 Å². The Balaban J connectivity index is 1.16. The van der Waals surface area contributed by atoms with Crippen LogP contribution in [0, 0.1) is 0 Å². The molecular formula is C31H32F3N5O2. The van der Waals surface area contributed by atoms with Gasteiger partial charge < -0.3 is 10.2 Å². The van der Waals surface area contributed by atoms with E-state index in [1.807, 2.05) is 67.4 Å². The van der Waals surface area contributed by atoms with Gasteiger partial charge in [-0.1, -0.05) is 32.0 Å². The highest BCUT2D eigenvalue weighted by atomic mass is 19.4. The van der Waals surface area contributed by atoms with Gasteiger partial charge in [0, 0.05) is 43.8 Å². The van der Waals surface area contributed by atoms with Crippen molar-refractivity contribution in [3.63, 3.8) is 0 Å². The van der Waals surface area contributed by atoms with Crippen LogP contribution in [0.25, 0.3) is 5.52 Å². The molecular weight excluding hydrogens is 531 g/mol. The number of anilines is 1. The molecule has 1 aromatic carbocycles. The number of pyridine rings is 2. The van der Waals surface area contributed by atoms with Crippen molar-refractivity contribution in [3.8, 4) is 0 Å². The van der Waals surface area contributed by atoms with Crippen LogP contribution in [0.1, 0.15) is 77.7 Å². The number of amides is 2. The average molecular weight is 564 g/mol. The fourth-order valence-electron chi connectivity index (χ4n) is 5.43. The van der Waals surface area contributed by atoms with Gasteiger partial charge in [0.1, 0.15) is 0 Å². The largest absolute Gasteiger partial charge is 0.416 e. The maximum absolute atomic E-state index is 13.6. The molecule has 0 atom stereocenters. The number of carbonyl (C=O) groups is 2. The highest BCUT2D eigenvalue weighted by Gasteiger charge is 2.33. The summed E-state index contributed by atoms with van der Waals surface area (Å²) in [5.74, 6) is 0.0526. The standard InChI is InChI=1S/C31H32F3N5O2/c1-20(2)29-28(26-5-3-4-16-39(26)37-29)30(41)38-17-13-22(14-18-38)21-6-9-24(10-7-21)36-27(40)11-8-23-19-35-15-12-25(23)31(32,33)34/h3-7,9-10,12,15-16,19-20,22H,8,11,13-14,17-18H2,1-2H3,(H,36,40). The number of halogens is 3. The number of carbonyl (C=O) groups excluding carboxylic acids is 2. The third-order valence-corrected chi connectivity index (χ3v) is 7.61. The molecule has 0 bridgehead atoms. The van der Waals surface area contributed by atoms with Crippen molar-refractivity contribution >= 4 is 23.0 Å². The van der Waals surface area contributed by atoms with Crippen LogP contribution in [0.5, 0.6) is 0 Å². The Morgan fingerprint density at radius 1 is 1.05 bits per heavy atom. The van der Waals surface area contributed by atoms with E-state index in [9.17, 15) is 22.8 Å². The molecule has 0 saturated carbocycles. The van der Waals surface area contributed by atoms with E-state index in [2.05, 4.69) is 15.4 Å². The third kappa shape index (κ3) is 6.26. The van der Waals surface area contributed by atoms with Crippen LogP contribution in [-0.4, -0.2) is 44.4 Å². The highest BCUT2D eigenvalue weighted by Crippen LogP contribution is 2.33. The summed E-state index contributed by atoms with van der Waals surface area (Å²) in [5.41, 5.74) is 3.25. The van der Waals surface area contributed by atoms with E-state index in [0.29, 0.717) is 24.3 Å². The van der Waals surface area contributed by atoms with E-state index in [-0.39, 0.29) is 42.1 Å². The number of likely N-dealkylation sites (tertiary alicyclic amines) is 1. The van der Waals surface area contributed by atoms with E-state index in [1.54, 1.807) is 4.52 Å². The van der Waals surface area contributed by atoms with Crippen LogP contribution in [0.15, 0.2) is 67.1 Å². The first-order valence-corrected chi connectivity index (χ1v) is 13.8. The van der Waals surface area contributed by atoms with E-state index in [1.165, 1.54) is 0 Å². The summed E-state index contributed by atoms with van der Waals surface area (Å²) in [6, 6.07) is 14.2. The van der Waals surface area contributed by atoms with Crippen molar-refractivity contribution in [2.45, 2.75) is 57.5 Å². The predicted octanol–water partition coefficient (Wildman–Crippen LogP) is 6.46. The number of nitrogens with zero attached hydrogens (tertiary/aromatic N) is 4. The van der Waals surface area contributed by atoms with Crippen LogP contribution < -0.4 is 5.32 Å². The molecule has 0 aliphatic carbocycles. The number of nitrogens with one attached hydrogen (secondary N) is 1. The predicted molar refractivity (Wildman–Crippen MR) is 150 cm³/mol. The van der Waals surface area contributed by atoms with E-state index >= 15 is 0 Å². The number of benzene rings is 1. The quantitative estimate of drug-likeness (QED) is 0.280. The van der Waals surface area contributed by atoms with Gasteiger partial charge in [-0.15, -0.1) is 0 Å². The SMILES string of the molecule is CC(C)c1nn2ccccc2c1C(=O)N1CCC(c2ccc(NC(=O)CCc3cnccc3C(F)(F)F)cc2)CC1. The topological polar surface area (TPSA) is 79.6 Å². The lowest BCUT2D eigenvalue weighted by atomic mass is 9.89. The minimum absolute atomic E-state index is 0.00247. The lowest BCUT2D eigenvalue weighted by Gasteiger charge is -2.32. The minimum Gasteiger partial charge on any atom is -0.338 e. The summed E-state index contributed by atoms with van der Waals surface area (Å²) in [6.07, 6.45) is 1.12. The van der Waals surface area contributed by atoms with Crippen molar-refractivity contribution in [2.24, 2.45) is 0 Å². The Morgan fingerprint density at radius 2 is 1.78 bits per heavy atom. The molecule has 2 amide bonds. The lowest BCUT2D eigenvalue weighted by Crippen LogP contribution is -2.38. The molecule has 0 spiro atoms. The summed E-state index contributed by atoms with van der Waals surface area (Å²) in [5, 5.41) is 7.42. The molecule has 1 N–H and O–H groups in total. The Hall–Kier alpha value is -4.21. The summed E-state index contributed by atoms with van der Waals surface area (Å²) >= 11 is 0. The smallest absolute Gasteiger partial charge is 0.338 e. The third-order valence-electron chi connectivity index (χ3n) is 7.61. The van der Waals surface area contributed by atoms with Gasteiger partial charge in [-0.3, -0.25) is 14.6 Å². The van der Waals surface area contributed by atoms with Crippen LogP contribution in [0.3, 0.4) is 0 Å². The number of hydrogen-bond donors (Lipinski definition) is 1. The second-order valence-electron chi connectivity index (χ2n) is 10.7. The maximum Gasteiger partial charge on any atom is 0.416 e. The first-order valence-electron chi connectivity index (χ1n) is 13.8. The van der Waals surface area contributed by atoms with Crippen LogP contribution in [-0.2, 0) is 17.4 Å². The van der Waals surface area contributed by atoms with Crippen LogP contribution >= 0.6 is 0 Å². The molecule has 1 aliphatic rings. The van der Waals surface area contributed by atoms with Crippen molar-refractivity contribution in [2.75, 3.05) is 18.4 Å². The summed E-state index contributed by atoms with van der Waals surface area (Å²) < 4.78 is 41.3. The summed E-state index contributed by atoms with van der Waals surface area (Å²) in [7, 11) is 0. The first-order chi connectivity index (χ1) is 19.6. The Kier molecular flexibility index (Phi) is 8.10. The van der Waals surface area contributed by atoms with E-state index < -0.39 is 11.7 Å². The summed E-state index contributed by atoms with van der Waals surface area (Å²) in [6.45, 7) is 5.36. The molecule has 1 fully saturated rings. The van der Waals surface area contributed by atoms with Crippen LogP contribution in [0.2, 0.25) is 0 Å². The molecule has 41 heavy (non-hydrogen) atoms. The van der Waals surface area contributed by atoms with Crippen molar-refractivity contribution in [1.82, 2.24) is 19.5 Å². The number of hydrogen-bond acceptors (Lipinski definition) is 4. The van der Waals surface area contributed by atoms with E-state index in [4.69, 9.17) is 0 Å². The lowest BCUT2D eigenvalue weighted by molar-refractivity contribution is -0.138. The molecule has 1 saturated heterocycles. The molecule has 214 valence electrons. The molecule has 4 heterocycles. The molecule has 10 heteroatoms. The normalized spacial score (nSPS) is 14.5. The maximum atomic E-state index is 13.6. The van der Waals surface area contributed by atoms with E-state index in [0.717, 1.165) is 48.1 Å². The fourth-order valence-corrected chi connectivity index (χ4v) is 5.43. The van der Waals surface area contributed by atoms with Gasteiger partial charge in [0.25, 0.3) is 5.91 Å². The molecule has 1 aliphatic heterocycles. The van der Waals surface area contributed by atoms with Gasteiger partial charge in [-0.2, -0.15) is 18.3 Å². The molecule has 0 radical (unpaired) electrons. The number of aromatic nitrogens is 3. The zero-order valence-electron chi connectivity index (χ0n) is 23.0. The number of alkyl halides is 3. The minimum atomic E-state index is -4.49. The summed E-state index contributed by atoms with van der Waals surface area (Å²) in [4.78, 5) is 31.7. The van der Waals surface area contributed by atoms with Crippen LogP contribution in [0.4, 0.5) is 18.9 Å². The Labute approximate surface area is 236 Å².